The van der Waals surface area contributed by atoms with E-state index in [1.54, 1.807) is 12.1 Å². The van der Waals surface area contributed by atoms with Crippen molar-refractivity contribution in [3.63, 3.8) is 0 Å². The van der Waals surface area contributed by atoms with Crippen LogP contribution >= 0.6 is 0 Å². The smallest absolute Gasteiger partial charge is 0.406 e. The minimum Gasteiger partial charge on any atom is -0.406 e. The summed E-state index contributed by atoms with van der Waals surface area (Å²) in [5, 5.41) is 3.13. The molecular weight excluding hydrogens is 233 g/mol. The molecule has 1 unspecified atom stereocenters. The Labute approximate surface area is 97.8 Å². The molecule has 0 spiro atoms. The summed E-state index contributed by atoms with van der Waals surface area (Å²) in [6.45, 7) is 3.06. The zero-order valence-electron chi connectivity index (χ0n) is 9.42. The highest BCUT2D eigenvalue weighted by Gasteiger charge is 2.31. The molecule has 6 heteroatoms. The molecule has 17 heavy (non-hydrogen) atoms. The lowest BCUT2D eigenvalue weighted by molar-refractivity contribution is -0.274. The van der Waals surface area contributed by atoms with E-state index in [0.717, 1.165) is 12.1 Å². The third-order valence-electron chi connectivity index (χ3n) is 2.20. The van der Waals surface area contributed by atoms with Crippen LogP contribution < -0.4 is 15.8 Å². The lowest BCUT2D eigenvalue weighted by atomic mass is 10.1. The first kappa shape index (κ1) is 13.8. The average molecular weight is 248 g/mol. The summed E-state index contributed by atoms with van der Waals surface area (Å²) in [6, 6.07) is 5.65. The Morgan fingerprint density at radius 2 is 1.88 bits per heavy atom. The summed E-state index contributed by atoms with van der Waals surface area (Å²) in [5.41, 5.74) is 6.39. The highest BCUT2D eigenvalue weighted by molar-refractivity contribution is 5.29. The maximum absolute atomic E-state index is 11.9. The lowest BCUT2D eigenvalue weighted by Crippen LogP contribution is -2.27. The molecule has 1 rings (SSSR count). The molecule has 1 atom stereocenters. The second-order valence-electron chi connectivity index (χ2n) is 3.46. The predicted molar refractivity (Wildman–Crippen MR) is 58.6 cm³/mol. The zero-order valence-corrected chi connectivity index (χ0v) is 9.42. The Bertz CT molecular complexity index is 338. The van der Waals surface area contributed by atoms with E-state index < -0.39 is 6.36 Å². The Kier molecular flexibility index (Phi) is 4.77. The molecule has 0 heterocycles. The van der Waals surface area contributed by atoms with E-state index >= 15 is 0 Å². The number of nitrogens with one attached hydrogen (secondary N) is 1. The van der Waals surface area contributed by atoms with Crippen molar-refractivity contribution >= 4 is 0 Å². The first-order valence-electron chi connectivity index (χ1n) is 5.25. The molecule has 0 aliphatic rings. The van der Waals surface area contributed by atoms with Crippen molar-refractivity contribution in [3.8, 4) is 5.75 Å². The SMILES string of the molecule is CCNC(CN)c1ccc(OC(F)(F)F)cc1. The first-order valence-corrected chi connectivity index (χ1v) is 5.25. The normalized spacial score (nSPS) is 13.5. The number of alkyl halides is 3. The number of nitrogens with two attached hydrogens (primary N) is 1. The van der Waals surface area contributed by atoms with Crippen LogP contribution in [0.5, 0.6) is 5.75 Å². The van der Waals surface area contributed by atoms with E-state index in [0.29, 0.717) is 6.54 Å². The Balaban J connectivity index is 2.73. The fourth-order valence-corrected chi connectivity index (χ4v) is 1.49. The number of likely N-dealkylation sites (N-methyl/N-ethyl adjacent to an activating group) is 1. The third kappa shape index (κ3) is 4.62. The van der Waals surface area contributed by atoms with Crippen molar-refractivity contribution in [2.45, 2.75) is 19.3 Å². The molecule has 0 fully saturated rings. The molecule has 0 aromatic heterocycles. The molecule has 3 N–H and O–H groups in total. The van der Waals surface area contributed by atoms with E-state index in [4.69, 9.17) is 5.73 Å². The summed E-state index contributed by atoms with van der Waals surface area (Å²) < 4.78 is 39.6. The Morgan fingerprint density at radius 3 is 2.29 bits per heavy atom. The molecular formula is C11H15F3N2O. The minimum atomic E-state index is -4.66. The standard InChI is InChI=1S/C11H15F3N2O/c1-2-16-10(7-15)8-3-5-9(6-4-8)17-11(12,13)14/h3-6,10,16H,2,7,15H2,1H3. The Hall–Kier alpha value is -1.27. The van der Waals surface area contributed by atoms with E-state index in [1.807, 2.05) is 6.92 Å². The maximum Gasteiger partial charge on any atom is 0.573 e. The molecule has 1 aromatic rings. The van der Waals surface area contributed by atoms with Crippen LogP contribution in [0.4, 0.5) is 13.2 Å². The average Bonchev–Trinajstić information content (AvgIpc) is 2.25. The van der Waals surface area contributed by atoms with Gasteiger partial charge in [0.2, 0.25) is 0 Å². The van der Waals surface area contributed by atoms with Gasteiger partial charge in [-0.2, -0.15) is 0 Å². The van der Waals surface area contributed by atoms with Crippen LogP contribution in [-0.4, -0.2) is 19.5 Å². The van der Waals surface area contributed by atoms with Crippen molar-refractivity contribution in [1.29, 1.82) is 0 Å². The molecule has 0 bridgehead atoms. The topological polar surface area (TPSA) is 47.3 Å². The van der Waals surface area contributed by atoms with E-state index in [1.165, 1.54) is 12.1 Å². The van der Waals surface area contributed by atoms with Crippen LogP contribution in [0.25, 0.3) is 0 Å². The van der Waals surface area contributed by atoms with E-state index in [2.05, 4.69) is 10.1 Å². The highest BCUT2D eigenvalue weighted by Crippen LogP contribution is 2.24. The van der Waals surface area contributed by atoms with Gasteiger partial charge in [0.05, 0.1) is 0 Å². The van der Waals surface area contributed by atoms with Crippen molar-refractivity contribution in [3.05, 3.63) is 29.8 Å². The second kappa shape index (κ2) is 5.88. The van der Waals surface area contributed by atoms with Crippen molar-refractivity contribution in [1.82, 2.24) is 5.32 Å². The molecule has 0 saturated carbocycles. The molecule has 1 aromatic carbocycles. The number of ether oxygens (including phenoxy) is 1. The van der Waals surface area contributed by atoms with E-state index in [9.17, 15) is 13.2 Å². The molecule has 0 saturated heterocycles. The maximum atomic E-state index is 11.9. The van der Waals surface area contributed by atoms with E-state index in [-0.39, 0.29) is 11.8 Å². The molecule has 0 amide bonds. The van der Waals surface area contributed by atoms with Crippen LogP contribution in [0.15, 0.2) is 24.3 Å². The van der Waals surface area contributed by atoms with Crippen molar-refractivity contribution < 1.29 is 17.9 Å². The number of benzene rings is 1. The summed E-state index contributed by atoms with van der Waals surface area (Å²) in [5.74, 6) is -0.228. The Morgan fingerprint density at radius 1 is 1.29 bits per heavy atom. The number of rotatable bonds is 5. The van der Waals surface area contributed by atoms with Gasteiger partial charge in [-0.15, -0.1) is 13.2 Å². The van der Waals surface area contributed by atoms with Crippen LogP contribution in [-0.2, 0) is 0 Å². The molecule has 96 valence electrons. The molecule has 0 radical (unpaired) electrons. The van der Waals surface area contributed by atoms with Crippen molar-refractivity contribution in [2.24, 2.45) is 5.73 Å². The van der Waals surface area contributed by atoms with Crippen LogP contribution in [0.1, 0.15) is 18.5 Å². The number of hydrogen-bond donors (Lipinski definition) is 2. The van der Waals surface area contributed by atoms with Gasteiger partial charge >= 0.3 is 6.36 Å². The quantitative estimate of drug-likeness (QED) is 0.839. The van der Waals surface area contributed by atoms with Gasteiger partial charge < -0.3 is 15.8 Å². The van der Waals surface area contributed by atoms with Crippen LogP contribution in [0.3, 0.4) is 0 Å². The summed E-state index contributed by atoms with van der Waals surface area (Å²) >= 11 is 0. The van der Waals surface area contributed by atoms with Gasteiger partial charge in [0.15, 0.2) is 0 Å². The largest absolute Gasteiger partial charge is 0.573 e. The minimum absolute atomic E-state index is 0.0556. The number of hydrogen-bond acceptors (Lipinski definition) is 3. The molecule has 0 aliphatic heterocycles. The molecule has 3 nitrogen and oxygen atoms in total. The van der Waals surface area contributed by atoms with Crippen LogP contribution in [0, 0.1) is 0 Å². The van der Waals surface area contributed by atoms with Crippen molar-refractivity contribution in [2.75, 3.05) is 13.1 Å². The predicted octanol–water partition coefficient (Wildman–Crippen LogP) is 2.19. The van der Waals surface area contributed by atoms with Gasteiger partial charge in [-0.25, -0.2) is 0 Å². The second-order valence-corrected chi connectivity index (χ2v) is 3.46. The van der Waals surface area contributed by atoms with Gasteiger partial charge in [-0.1, -0.05) is 19.1 Å². The van der Waals surface area contributed by atoms with Gasteiger partial charge in [0.1, 0.15) is 5.75 Å². The fraction of sp³-hybridized carbons (Fsp3) is 0.455. The van der Waals surface area contributed by atoms with Gasteiger partial charge in [0.25, 0.3) is 0 Å². The molecule has 0 aliphatic carbocycles. The first-order chi connectivity index (χ1) is 7.96. The monoisotopic (exact) mass is 248 g/mol. The van der Waals surface area contributed by atoms with Crippen LogP contribution in [0.2, 0.25) is 0 Å². The van der Waals surface area contributed by atoms with Gasteiger partial charge in [-0.05, 0) is 24.2 Å². The fourth-order valence-electron chi connectivity index (χ4n) is 1.49. The van der Waals surface area contributed by atoms with Gasteiger partial charge in [-0.3, -0.25) is 0 Å². The van der Waals surface area contributed by atoms with Gasteiger partial charge in [0, 0.05) is 12.6 Å². The number of halogens is 3. The summed E-state index contributed by atoms with van der Waals surface area (Å²) in [4.78, 5) is 0. The lowest BCUT2D eigenvalue weighted by Gasteiger charge is -2.16. The highest BCUT2D eigenvalue weighted by atomic mass is 19.4. The summed E-state index contributed by atoms with van der Waals surface area (Å²) in [7, 11) is 0. The summed E-state index contributed by atoms with van der Waals surface area (Å²) in [6.07, 6.45) is -4.66. The zero-order chi connectivity index (χ0) is 12.9. The third-order valence-corrected chi connectivity index (χ3v) is 2.20.